The Balaban J connectivity index is 1.68. The maximum Gasteiger partial charge on any atom is 0.308 e. The minimum atomic E-state index is -3.63. The van der Waals surface area contributed by atoms with Gasteiger partial charge in [-0.05, 0) is 42.3 Å². The predicted octanol–water partition coefficient (Wildman–Crippen LogP) is 3.75. The van der Waals surface area contributed by atoms with Crippen molar-refractivity contribution in [3.05, 3.63) is 89.9 Å². The summed E-state index contributed by atoms with van der Waals surface area (Å²) in [5, 5.41) is 0. The maximum absolute atomic E-state index is 12.9. The molecule has 7 nitrogen and oxygen atoms in total. The molecule has 0 fully saturated rings. The second-order valence-electron chi connectivity index (χ2n) is 6.88. The summed E-state index contributed by atoms with van der Waals surface area (Å²) in [4.78, 5) is 14.5. The molecule has 0 radical (unpaired) electrons. The Morgan fingerprint density at radius 1 is 0.968 bits per heavy atom. The van der Waals surface area contributed by atoms with Crippen molar-refractivity contribution in [1.29, 1.82) is 0 Å². The summed E-state index contributed by atoms with van der Waals surface area (Å²) in [5.74, 6) is 0.515. The average Bonchev–Trinajstić information content (AvgIpc) is 3.27. The maximum atomic E-state index is 12.9. The first-order valence-corrected chi connectivity index (χ1v) is 11.5. The second-order valence-corrected chi connectivity index (χ2v) is 8.74. The average molecular weight is 444 g/mol. The SMILES string of the molecule is CCS(=O)(=O)Oc1cccc(CN(Cc2ccco2)C(=O)COCc2ccccc2)c1. The van der Waals surface area contributed by atoms with Gasteiger partial charge in [0, 0.05) is 6.54 Å². The van der Waals surface area contributed by atoms with Crippen LogP contribution < -0.4 is 4.18 Å². The minimum absolute atomic E-state index is 0.0873. The first-order valence-electron chi connectivity index (χ1n) is 9.88. The molecular weight excluding hydrogens is 418 g/mol. The van der Waals surface area contributed by atoms with Gasteiger partial charge in [-0.2, -0.15) is 8.42 Å². The first-order chi connectivity index (χ1) is 14.9. The Hall–Kier alpha value is -3.10. The summed E-state index contributed by atoms with van der Waals surface area (Å²) < 4.78 is 39.6. The highest BCUT2D eigenvalue weighted by atomic mass is 32.2. The fourth-order valence-corrected chi connectivity index (χ4v) is 3.38. The van der Waals surface area contributed by atoms with Gasteiger partial charge in [-0.3, -0.25) is 4.79 Å². The van der Waals surface area contributed by atoms with Crippen LogP contribution in [0.15, 0.2) is 77.4 Å². The summed E-state index contributed by atoms with van der Waals surface area (Å²) in [7, 11) is -3.63. The summed E-state index contributed by atoms with van der Waals surface area (Å²) in [6.07, 6.45) is 1.55. The highest BCUT2D eigenvalue weighted by Crippen LogP contribution is 2.18. The standard InChI is InChI=1S/C23H25NO6S/c1-2-31(26,27)30-21-11-6-10-20(14-21)15-24(16-22-12-7-13-29-22)23(25)18-28-17-19-8-4-3-5-9-19/h3-14H,2,15-18H2,1H3. The number of ether oxygens (including phenoxy) is 1. The third kappa shape index (κ3) is 7.27. The van der Waals surface area contributed by atoms with Gasteiger partial charge in [0.2, 0.25) is 5.91 Å². The van der Waals surface area contributed by atoms with Crippen LogP contribution in [0.5, 0.6) is 5.75 Å². The van der Waals surface area contributed by atoms with E-state index in [1.807, 2.05) is 30.3 Å². The molecule has 3 rings (SSSR count). The Labute approximate surface area is 182 Å². The van der Waals surface area contributed by atoms with Crippen LogP contribution in [-0.4, -0.2) is 31.6 Å². The molecular formula is C23H25NO6S. The summed E-state index contributed by atoms with van der Waals surface area (Å²) in [6.45, 7) is 2.27. The smallest absolute Gasteiger partial charge is 0.308 e. The highest BCUT2D eigenvalue weighted by molar-refractivity contribution is 7.87. The van der Waals surface area contributed by atoms with Crippen LogP contribution in [0.4, 0.5) is 0 Å². The van der Waals surface area contributed by atoms with Crippen LogP contribution in [0.3, 0.4) is 0 Å². The zero-order valence-electron chi connectivity index (χ0n) is 17.3. The third-order valence-electron chi connectivity index (χ3n) is 4.47. The van der Waals surface area contributed by atoms with Crippen molar-refractivity contribution >= 4 is 16.0 Å². The Morgan fingerprint density at radius 3 is 2.45 bits per heavy atom. The molecule has 1 amide bonds. The van der Waals surface area contributed by atoms with E-state index in [-0.39, 0.29) is 37.1 Å². The number of carbonyl (C=O) groups is 1. The van der Waals surface area contributed by atoms with Crippen LogP contribution in [0.25, 0.3) is 0 Å². The number of carbonyl (C=O) groups excluding carboxylic acids is 1. The van der Waals surface area contributed by atoms with Crippen molar-refractivity contribution in [3.63, 3.8) is 0 Å². The molecule has 0 atom stereocenters. The molecule has 0 spiro atoms. The number of hydrogen-bond donors (Lipinski definition) is 0. The molecule has 1 heterocycles. The zero-order chi connectivity index (χ0) is 22.1. The van der Waals surface area contributed by atoms with Gasteiger partial charge in [-0.1, -0.05) is 42.5 Å². The second kappa shape index (κ2) is 10.8. The molecule has 3 aromatic rings. The van der Waals surface area contributed by atoms with Crippen LogP contribution in [0, 0.1) is 0 Å². The van der Waals surface area contributed by atoms with Gasteiger partial charge in [0.15, 0.2) is 0 Å². The van der Waals surface area contributed by atoms with Crippen molar-refractivity contribution in [1.82, 2.24) is 4.90 Å². The lowest BCUT2D eigenvalue weighted by Gasteiger charge is -2.22. The van der Waals surface area contributed by atoms with E-state index >= 15 is 0 Å². The number of rotatable bonds is 11. The van der Waals surface area contributed by atoms with Crippen molar-refractivity contribution < 1.29 is 26.5 Å². The van der Waals surface area contributed by atoms with E-state index in [4.69, 9.17) is 13.3 Å². The van der Waals surface area contributed by atoms with Crippen molar-refractivity contribution in [3.8, 4) is 5.75 Å². The number of amides is 1. The van der Waals surface area contributed by atoms with Gasteiger partial charge >= 0.3 is 10.1 Å². The molecule has 0 aliphatic heterocycles. The molecule has 31 heavy (non-hydrogen) atoms. The number of benzene rings is 2. The van der Waals surface area contributed by atoms with E-state index in [0.717, 1.165) is 11.1 Å². The highest BCUT2D eigenvalue weighted by Gasteiger charge is 2.17. The van der Waals surface area contributed by atoms with E-state index < -0.39 is 10.1 Å². The van der Waals surface area contributed by atoms with Gasteiger partial charge < -0.3 is 18.2 Å². The molecule has 0 N–H and O–H groups in total. The summed E-state index contributed by atoms with van der Waals surface area (Å²) in [5.41, 5.74) is 1.71. The van der Waals surface area contributed by atoms with Gasteiger partial charge in [-0.15, -0.1) is 0 Å². The Morgan fingerprint density at radius 2 is 1.74 bits per heavy atom. The lowest BCUT2D eigenvalue weighted by atomic mass is 10.2. The zero-order valence-corrected chi connectivity index (χ0v) is 18.1. The first kappa shape index (κ1) is 22.6. The largest absolute Gasteiger partial charge is 0.467 e. The number of furan rings is 1. The molecule has 1 aromatic heterocycles. The van der Waals surface area contributed by atoms with Gasteiger partial charge in [0.05, 0.1) is 25.2 Å². The Kier molecular flexibility index (Phi) is 7.86. The van der Waals surface area contributed by atoms with Crippen molar-refractivity contribution in [2.45, 2.75) is 26.6 Å². The van der Waals surface area contributed by atoms with Crippen LogP contribution in [-0.2, 0) is 39.3 Å². The van der Waals surface area contributed by atoms with Crippen molar-refractivity contribution in [2.75, 3.05) is 12.4 Å². The minimum Gasteiger partial charge on any atom is -0.467 e. The molecule has 0 aliphatic carbocycles. The molecule has 0 saturated carbocycles. The van der Waals surface area contributed by atoms with E-state index in [1.54, 1.807) is 47.6 Å². The molecule has 0 aliphatic rings. The molecule has 2 aromatic carbocycles. The number of hydrogen-bond acceptors (Lipinski definition) is 6. The normalized spacial score (nSPS) is 11.3. The lowest BCUT2D eigenvalue weighted by Crippen LogP contribution is -2.33. The topological polar surface area (TPSA) is 86.1 Å². The Bertz CT molecular complexity index is 1060. The van der Waals surface area contributed by atoms with E-state index in [0.29, 0.717) is 12.4 Å². The summed E-state index contributed by atoms with van der Waals surface area (Å²) in [6, 6.07) is 19.8. The van der Waals surface area contributed by atoms with Crippen LogP contribution in [0.2, 0.25) is 0 Å². The fraction of sp³-hybridized carbons (Fsp3) is 0.261. The monoisotopic (exact) mass is 443 g/mol. The molecule has 0 saturated heterocycles. The molecule has 0 unspecified atom stereocenters. The van der Waals surface area contributed by atoms with Gasteiger partial charge in [0.1, 0.15) is 18.1 Å². The summed E-state index contributed by atoms with van der Waals surface area (Å²) >= 11 is 0. The molecule has 8 heteroatoms. The fourth-order valence-electron chi connectivity index (χ4n) is 2.87. The third-order valence-corrected chi connectivity index (χ3v) is 5.62. The van der Waals surface area contributed by atoms with E-state index in [1.165, 1.54) is 6.92 Å². The predicted molar refractivity (Wildman–Crippen MR) is 116 cm³/mol. The quantitative estimate of drug-likeness (QED) is 0.420. The van der Waals surface area contributed by atoms with Crippen LogP contribution >= 0.6 is 0 Å². The van der Waals surface area contributed by atoms with Crippen LogP contribution in [0.1, 0.15) is 23.8 Å². The molecule has 0 bridgehead atoms. The van der Waals surface area contributed by atoms with Gasteiger partial charge in [0.25, 0.3) is 0 Å². The number of nitrogens with zero attached hydrogens (tertiary/aromatic N) is 1. The van der Waals surface area contributed by atoms with E-state index in [2.05, 4.69) is 0 Å². The van der Waals surface area contributed by atoms with E-state index in [9.17, 15) is 13.2 Å². The molecule has 164 valence electrons. The van der Waals surface area contributed by atoms with Gasteiger partial charge in [-0.25, -0.2) is 0 Å². The lowest BCUT2D eigenvalue weighted by molar-refractivity contribution is -0.138. The van der Waals surface area contributed by atoms with Crippen molar-refractivity contribution in [2.24, 2.45) is 0 Å².